The molecule has 6 nitrogen and oxygen atoms in total. The number of rotatable bonds is 6. The molecule has 1 heterocycles. The number of anilines is 1. The van der Waals surface area contributed by atoms with E-state index in [1.165, 1.54) is 30.1 Å². The molecule has 28 heavy (non-hydrogen) atoms. The average Bonchev–Trinajstić information content (AvgIpc) is 2.71. The lowest BCUT2D eigenvalue weighted by atomic mass is 9.97. The summed E-state index contributed by atoms with van der Waals surface area (Å²) in [5.74, 6) is 0.766. The van der Waals surface area contributed by atoms with E-state index < -0.39 is 11.9 Å². The van der Waals surface area contributed by atoms with Crippen LogP contribution < -0.4 is 20.3 Å². The highest BCUT2D eigenvalue weighted by Gasteiger charge is 2.22. The summed E-state index contributed by atoms with van der Waals surface area (Å²) in [4.78, 5) is 12.2. The molecular weight excluding hydrogens is 429 g/mol. The maximum absolute atomic E-state index is 14.1. The van der Waals surface area contributed by atoms with E-state index in [0.29, 0.717) is 27.2 Å². The first-order valence-corrected chi connectivity index (χ1v) is 9.19. The number of aromatic nitrogens is 2. The first-order chi connectivity index (χ1) is 13.4. The Kier molecular flexibility index (Phi) is 5.99. The normalized spacial score (nSPS) is 11.8. The highest BCUT2D eigenvalue weighted by Crippen LogP contribution is 2.35. The zero-order chi connectivity index (χ0) is 20.3. The molecule has 3 rings (SSSR count). The van der Waals surface area contributed by atoms with Crippen molar-refractivity contribution in [3.8, 4) is 11.5 Å². The fourth-order valence-electron chi connectivity index (χ4n) is 2.86. The molecule has 8 heteroatoms. The summed E-state index contributed by atoms with van der Waals surface area (Å²) in [5, 5.41) is 7.33. The van der Waals surface area contributed by atoms with Crippen LogP contribution in [-0.4, -0.2) is 24.0 Å². The maximum Gasteiger partial charge on any atom is 0.282 e. The smallest absolute Gasteiger partial charge is 0.282 e. The van der Waals surface area contributed by atoms with Crippen molar-refractivity contribution in [2.45, 2.75) is 6.04 Å². The standard InChI is InChI=1S/C20H19BrFN3O3/c1-25-20(26)18(21)16(11-23-25)24-19(12-5-4-6-14(9-12)27-2)15-10-13(22)7-8-17(15)28-3/h4-11,19,24H,1-3H3. The number of aryl methyl sites for hydroxylation is 1. The van der Waals surface area contributed by atoms with Crippen molar-refractivity contribution < 1.29 is 13.9 Å². The molecular formula is C20H19BrFN3O3. The third-order valence-corrected chi connectivity index (χ3v) is 5.07. The summed E-state index contributed by atoms with van der Waals surface area (Å²) in [6.45, 7) is 0. The number of hydrogen-bond donors (Lipinski definition) is 1. The molecule has 0 aliphatic carbocycles. The van der Waals surface area contributed by atoms with Crippen LogP contribution in [0.2, 0.25) is 0 Å². The van der Waals surface area contributed by atoms with Gasteiger partial charge in [-0.05, 0) is 51.8 Å². The van der Waals surface area contributed by atoms with Gasteiger partial charge in [-0.15, -0.1) is 0 Å². The minimum atomic E-state index is -0.522. The second-order valence-electron chi connectivity index (χ2n) is 6.04. The molecule has 0 aliphatic rings. The van der Waals surface area contributed by atoms with Gasteiger partial charge in [0.1, 0.15) is 21.8 Å². The lowest BCUT2D eigenvalue weighted by molar-refractivity contribution is 0.406. The molecule has 0 amide bonds. The van der Waals surface area contributed by atoms with Gasteiger partial charge in [-0.3, -0.25) is 4.79 Å². The predicted octanol–water partition coefficient (Wildman–Crippen LogP) is 3.90. The highest BCUT2D eigenvalue weighted by molar-refractivity contribution is 9.10. The molecule has 0 fully saturated rings. The maximum atomic E-state index is 14.1. The van der Waals surface area contributed by atoms with Crippen LogP contribution in [0, 0.1) is 5.82 Å². The number of hydrogen-bond acceptors (Lipinski definition) is 5. The SMILES string of the molecule is COc1cccc(C(Nc2cnn(C)c(=O)c2Br)c2cc(F)ccc2OC)c1. The summed E-state index contributed by atoms with van der Waals surface area (Å²) in [7, 11) is 4.66. The van der Waals surface area contributed by atoms with E-state index in [2.05, 4.69) is 26.3 Å². The van der Waals surface area contributed by atoms with Crippen molar-refractivity contribution in [3.05, 3.63) is 80.4 Å². The van der Waals surface area contributed by atoms with Gasteiger partial charge >= 0.3 is 0 Å². The van der Waals surface area contributed by atoms with Gasteiger partial charge in [0, 0.05) is 12.6 Å². The topological polar surface area (TPSA) is 65.4 Å². The highest BCUT2D eigenvalue weighted by atomic mass is 79.9. The van der Waals surface area contributed by atoms with Crippen LogP contribution in [0.3, 0.4) is 0 Å². The zero-order valence-electron chi connectivity index (χ0n) is 15.6. The molecule has 1 aromatic heterocycles. The van der Waals surface area contributed by atoms with Crippen LogP contribution in [0.1, 0.15) is 17.2 Å². The number of benzene rings is 2. The zero-order valence-corrected chi connectivity index (χ0v) is 17.2. The third kappa shape index (κ3) is 4.01. The Balaban J connectivity index is 2.16. The number of nitrogens with one attached hydrogen (secondary N) is 1. The second kappa shape index (κ2) is 8.43. The van der Waals surface area contributed by atoms with Gasteiger partial charge in [0.25, 0.3) is 5.56 Å². The summed E-state index contributed by atoms with van der Waals surface area (Å²) in [6.07, 6.45) is 1.53. The van der Waals surface area contributed by atoms with E-state index in [9.17, 15) is 9.18 Å². The van der Waals surface area contributed by atoms with Crippen molar-refractivity contribution in [3.63, 3.8) is 0 Å². The number of methoxy groups -OCH3 is 2. The van der Waals surface area contributed by atoms with Crippen molar-refractivity contribution in [2.24, 2.45) is 7.05 Å². The quantitative estimate of drug-likeness (QED) is 0.620. The Morgan fingerprint density at radius 1 is 1.18 bits per heavy atom. The fraction of sp³-hybridized carbons (Fsp3) is 0.200. The van der Waals surface area contributed by atoms with Crippen molar-refractivity contribution in [2.75, 3.05) is 19.5 Å². The number of nitrogens with zero attached hydrogens (tertiary/aromatic N) is 2. The van der Waals surface area contributed by atoms with Crippen LogP contribution in [0.25, 0.3) is 0 Å². The molecule has 1 atom stereocenters. The first-order valence-electron chi connectivity index (χ1n) is 8.40. The van der Waals surface area contributed by atoms with Gasteiger partial charge in [-0.2, -0.15) is 5.10 Å². The Hall–Kier alpha value is -2.87. The van der Waals surface area contributed by atoms with Crippen molar-refractivity contribution in [1.82, 2.24) is 9.78 Å². The van der Waals surface area contributed by atoms with E-state index in [4.69, 9.17) is 9.47 Å². The molecule has 0 saturated carbocycles. The molecule has 0 saturated heterocycles. The summed E-state index contributed by atoms with van der Waals surface area (Å²) in [6, 6.07) is 11.2. The monoisotopic (exact) mass is 447 g/mol. The first kappa shape index (κ1) is 19.9. The molecule has 2 aromatic carbocycles. The molecule has 0 radical (unpaired) electrons. The van der Waals surface area contributed by atoms with E-state index >= 15 is 0 Å². The summed E-state index contributed by atoms with van der Waals surface area (Å²) in [5.41, 5.74) is 1.56. The molecule has 0 bridgehead atoms. The number of halogens is 2. The largest absolute Gasteiger partial charge is 0.497 e. The van der Waals surface area contributed by atoms with Crippen molar-refractivity contribution in [1.29, 1.82) is 0 Å². The molecule has 0 spiro atoms. The molecule has 146 valence electrons. The Bertz CT molecular complexity index is 1060. The van der Waals surface area contributed by atoms with Crippen LogP contribution in [0.4, 0.5) is 10.1 Å². The minimum Gasteiger partial charge on any atom is -0.497 e. The minimum absolute atomic E-state index is 0.291. The number of ether oxygens (including phenoxy) is 2. The Labute approximate surface area is 170 Å². The summed E-state index contributed by atoms with van der Waals surface area (Å²) < 4.78 is 26.4. The van der Waals surface area contributed by atoms with Crippen LogP contribution in [-0.2, 0) is 7.05 Å². The Morgan fingerprint density at radius 2 is 1.96 bits per heavy atom. The van der Waals surface area contributed by atoms with Gasteiger partial charge in [-0.25, -0.2) is 9.07 Å². The summed E-state index contributed by atoms with van der Waals surface area (Å²) >= 11 is 3.32. The van der Waals surface area contributed by atoms with Crippen LogP contribution in [0.5, 0.6) is 11.5 Å². The fourth-order valence-corrected chi connectivity index (χ4v) is 3.33. The van der Waals surface area contributed by atoms with Gasteiger partial charge in [0.15, 0.2) is 0 Å². The van der Waals surface area contributed by atoms with Gasteiger partial charge in [0.05, 0.1) is 32.1 Å². The molecule has 1 N–H and O–H groups in total. The van der Waals surface area contributed by atoms with E-state index in [1.54, 1.807) is 20.2 Å². The molecule has 3 aromatic rings. The van der Waals surface area contributed by atoms with Crippen LogP contribution in [0.15, 0.2) is 57.9 Å². The molecule has 0 aliphatic heterocycles. The van der Waals surface area contributed by atoms with E-state index in [-0.39, 0.29) is 5.56 Å². The molecule has 1 unspecified atom stereocenters. The Morgan fingerprint density at radius 3 is 2.68 bits per heavy atom. The van der Waals surface area contributed by atoms with Gasteiger partial charge in [-0.1, -0.05) is 12.1 Å². The average molecular weight is 448 g/mol. The predicted molar refractivity (Wildman–Crippen MR) is 109 cm³/mol. The lowest BCUT2D eigenvalue weighted by Gasteiger charge is -2.24. The second-order valence-corrected chi connectivity index (χ2v) is 6.83. The van der Waals surface area contributed by atoms with Crippen molar-refractivity contribution >= 4 is 21.6 Å². The van der Waals surface area contributed by atoms with E-state index in [0.717, 1.165) is 5.56 Å². The van der Waals surface area contributed by atoms with Gasteiger partial charge in [0.2, 0.25) is 0 Å². The van der Waals surface area contributed by atoms with Crippen LogP contribution >= 0.6 is 15.9 Å². The third-order valence-electron chi connectivity index (χ3n) is 4.31. The van der Waals surface area contributed by atoms with E-state index in [1.807, 2.05) is 24.3 Å². The van der Waals surface area contributed by atoms with Gasteiger partial charge < -0.3 is 14.8 Å². The lowest BCUT2D eigenvalue weighted by Crippen LogP contribution is -2.23.